The van der Waals surface area contributed by atoms with Gasteiger partial charge in [0.15, 0.2) is 0 Å². The van der Waals surface area contributed by atoms with Crippen LogP contribution in [0, 0.1) is 0 Å². The number of primary amides is 1. The predicted octanol–water partition coefficient (Wildman–Crippen LogP) is 2.05. The first-order valence-electron chi connectivity index (χ1n) is 6.26. The molecular formula is C13H16ClN3O2S. The highest BCUT2D eigenvalue weighted by atomic mass is 35.5. The molecular weight excluding hydrogens is 298 g/mol. The first kappa shape index (κ1) is 15.2. The molecule has 1 aromatic rings. The van der Waals surface area contributed by atoms with E-state index in [1.165, 1.54) is 4.90 Å². The lowest BCUT2D eigenvalue weighted by Crippen LogP contribution is -2.47. The summed E-state index contributed by atoms with van der Waals surface area (Å²) in [6.45, 7) is 1.70. The number of thioether (sulfide) groups is 1. The second kappa shape index (κ2) is 6.47. The quantitative estimate of drug-likeness (QED) is 0.797. The second-order valence-corrected chi connectivity index (χ2v) is 6.19. The van der Waals surface area contributed by atoms with Crippen LogP contribution in [0.25, 0.3) is 0 Å². The van der Waals surface area contributed by atoms with Gasteiger partial charge in [0.25, 0.3) is 0 Å². The smallest absolute Gasteiger partial charge is 0.318 e. The molecule has 1 aliphatic rings. The molecule has 0 unspecified atom stereocenters. The third-order valence-electron chi connectivity index (χ3n) is 3.10. The number of urea groups is 1. The van der Waals surface area contributed by atoms with Crippen molar-refractivity contribution in [3.8, 4) is 0 Å². The van der Waals surface area contributed by atoms with Crippen LogP contribution in [0.2, 0.25) is 5.02 Å². The number of fused-ring (bicyclic) bond motifs is 1. The van der Waals surface area contributed by atoms with Gasteiger partial charge in [-0.3, -0.25) is 15.4 Å². The Balaban J connectivity index is 2.10. The molecule has 1 aromatic carbocycles. The largest absolute Gasteiger partial charge is 0.351 e. The monoisotopic (exact) mass is 313 g/mol. The predicted molar refractivity (Wildman–Crippen MR) is 79.9 cm³/mol. The van der Waals surface area contributed by atoms with Crippen molar-refractivity contribution in [1.82, 2.24) is 10.6 Å². The van der Waals surface area contributed by atoms with Crippen LogP contribution in [-0.2, 0) is 4.79 Å². The number of carbonyl (C=O) groups excluding carboxylic acids is 2. The van der Waals surface area contributed by atoms with E-state index in [0.717, 1.165) is 17.7 Å². The van der Waals surface area contributed by atoms with Gasteiger partial charge in [0.1, 0.15) is 0 Å². The molecule has 1 heterocycles. The summed E-state index contributed by atoms with van der Waals surface area (Å²) in [7, 11) is 0. The second-order valence-electron chi connectivity index (χ2n) is 4.61. The van der Waals surface area contributed by atoms with Crippen molar-refractivity contribution >= 4 is 35.3 Å². The normalized spacial score (nSPS) is 19.0. The zero-order valence-electron chi connectivity index (χ0n) is 11.0. The van der Waals surface area contributed by atoms with Crippen LogP contribution in [0.5, 0.6) is 0 Å². The molecule has 4 N–H and O–H groups in total. The SMILES string of the molecule is C[C@H](N[C@@H]1CCSc2ccc(Cl)cc21)C(=O)NC(N)=O. The summed E-state index contributed by atoms with van der Waals surface area (Å²) in [5.41, 5.74) is 6.03. The highest BCUT2D eigenvalue weighted by Gasteiger charge is 2.25. The van der Waals surface area contributed by atoms with E-state index in [1.807, 2.05) is 18.2 Å². The Labute approximate surface area is 126 Å². The van der Waals surface area contributed by atoms with E-state index in [9.17, 15) is 9.59 Å². The first-order chi connectivity index (χ1) is 9.47. The number of carbonyl (C=O) groups is 2. The van der Waals surface area contributed by atoms with E-state index < -0.39 is 18.0 Å². The average molecular weight is 314 g/mol. The van der Waals surface area contributed by atoms with Gasteiger partial charge in [0, 0.05) is 16.0 Å². The van der Waals surface area contributed by atoms with Gasteiger partial charge in [-0.2, -0.15) is 0 Å². The number of imide groups is 1. The molecule has 0 saturated carbocycles. The molecule has 20 heavy (non-hydrogen) atoms. The molecule has 7 heteroatoms. The highest BCUT2D eigenvalue weighted by Crippen LogP contribution is 2.37. The van der Waals surface area contributed by atoms with Crippen LogP contribution in [0.3, 0.4) is 0 Å². The van der Waals surface area contributed by atoms with E-state index in [1.54, 1.807) is 18.7 Å². The Bertz CT molecular complexity index is 538. The van der Waals surface area contributed by atoms with Crippen molar-refractivity contribution in [3.05, 3.63) is 28.8 Å². The van der Waals surface area contributed by atoms with Crippen LogP contribution < -0.4 is 16.4 Å². The number of rotatable bonds is 3. The van der Waals surface area contributed by atoms with E-state index in [-0.39, 0.29) is 6.04 Å². The van der Waals surface area contributed by atoms with Crippen molar-refractivity contribution in [3.63, 3.8) is 0 Å². The van der Waals surface area contributed by atoms with Crippen LogP contribution in [0.1, 0.15) is 24.9 Å². The van der Waals surface area contributed by atoms with Crippen molar-refractivity contribution in [2.75, 3.05) is 5.75 Å². The van der Waals surface area contributed by atoms with Gasteiger partial charge in [-0.05, 0) is 42.9 Å². The lowest BCUT2D eigenvalue weighted by Gasteiger charge is -2.28. The van der Waals surface area contributed by atoms with Gasteiger partial charge >= 0.3 is 6.03 Å². The molecule has 108 valence electrons. The number of nitrogens with two attached hydrogens (primary N) is 1. The molecule has 2 atom stereocenters. The van der Waals surface area contributed by atoms with Gasteiger partial charge in [0.05, 0.1) is 6.04 Å². The van der Waals surface area contributed by atoms with Gasteiger partial charge in [-0.1, -0.05) is 11.6 Å². The first-order valence-corrected chi connectivity index (χ1v) is 7.62. The fraction of sp³-hybridized carbons (Fsp3) is 0.385. The minimum Gasteiger partial charge on any atom is -0.351 e. The minimum atomic E-state index is -0.841. The number of hydrogen-bond acceptors (Lipinski definition) is 4. The summed E-state index contributed by atoms with van der Waals surface area (Å²) in [5, 5.41) is 5.96. The Morgan fingerprint density at radius 2 is 2.25 bits per heavy atom. The van der Waals surface area contributed by atoms with E-state index >= 15 is 0 Å². The topological polar surface area (TPSA) is 84.2 Å². The fourth-order valence-corrected chi connectivity index (χ4v) is 3.43. The van der Waals surface area contributed by atoms with Crippen LogP contribution >= 0.6 is 23.4 Å². The van der Waals surface area contributed by atoms with Crippen molar-refractivity contribution < 1.29 is 9.59 Å². The van der Waals surface area contributed by atoms with Crippen molar-refractivity contribution in [2.24, 2.45) is 5.73 Å². The van der Waals surface area contributed by atoms with E-state index in [0.29, 0.717) is 5.02 Å². The molecule has 3 amide bonds. The molecule has 1 aliphatic heterocycles. The van der Waals surface area contributed by atoms with Crippen LogP contribution in [0.4, 0.5) is 4.79 Å². The summed E-state index contributed by atoms with van der Waals surface area (Å²) in [4.78, 5) is 23.6. The van der Waals surface area contributed by atoms with Crippen molar-refractivity contribution in [1.29, 1.82) is 0 Å². The summed E-state index contributed by atoms with van der Waals surface area (Å²) < 4.78 is 0. The maximum atomic E-state index is 11.7. The van der Waals surface area contributed by atoms with Gasteiger partial charge in [-0.25, -0.2) is 4.79 Å². The standard InChI is InChI=1S/C13H16ClN3O2S/c1-7(12(18)17-13(15)19)16-10-4-5-20-11-3-2-8(14)6-9(10)11/h2-3,6-7,10,16H,4-5H2,1H3,(H3,15,17,18,19)/t7-,10+/m0/s1. The number of halogens is 1. The minimum absolute atomic E-state index is 0.0403. The van der Waals surface area contributed by atoms with Gasteiger partial charge < -0.3 is 5.73 Å². The molecule has 0 saturated heterocycles. The summed E-state index contributed by atoms with van der Waals surface area (Å²) >= 11 is 7.81. The molecule has 0 aromatic heterocycles. The molecule has 0 radical (unpaired) electrons. The van der Waals surface area contributed by atoms with Crippen LogP contribution in [0.15, 0.2) is 23.1 Å². The van der Waals surface area contributed by atoms with Crippen molar-refractivity contribution in [2.45, 2.75) is 30.3 Å². The zero-order chi connectivity index (χ0) is 14.7. The Hall–Kier alpha value is -1.24. The summed E-state index contributed by atoms with van der Waals surface area (Å²) in [5.74, 6) is 0.538. The summed E-state index contributed by atoms with van der Waals surface area (Å²) in [6, 6.07) is 4.45. The Kier molecular flexibility index (Phi) is 4.91. The molecule has 0 fully saturated rings. The molecule has 0 bridgehead atoms. The fourth-order valence-electron chi connectivity index (χ4n) is 2.15. The van der Waals surface area contributed by atoms with Crippen LogP contribution in [-0.4, -0.2) is 23.7 Å². The third-order valence-corrected chi connectivity index (χ3v) is 4.46. The summed E-state index contributed by atoms with van der Waals surface area (Å²) in [6.07, 6.45) is 0.895. The number of amides is 3. The Morgan fingerprint density at radius 3 is 2.95 bits per heavy atom. The van der Waals surface area contributed by atoms with Gasteiger partial charge in [0.2, 0.25) is 5.91 Å². The molecule has 0 spiro atoms. The maximum absolute atomic E-state index is 11.7. The van der Waals surface area contributed by atoms with E-state index in [2.05, 4.69) is 10.6 Å². The van der Waals surface area contributed by atoms with Gasteiger partial charge in [-0.15, -0.1) is 11.8 Å². The average Bonchev–Trinajstić information content (AvgIpc) is 2.38. The molecule has 5 nitrogen and oxygen atoms in total. The highest BCUT2D eigenvalue weighted by molar-refractivity contribution is 7.99. The zero-order valence-corrected chi connectivity index (χ0v) is 12.6. The third kappa shape index (κ3) is 3.65. The lowest BCUT2D eigenvalue weighted by atomic mass is 10.0. The number of benzene rings is 1. The Morgan fingerprint density at radius 1 is 1.50 bits per heavy atom. The molecule has 2 rings (SSSR count). The van der Waals surface area contributed by atoms with E-state index in [4.69, 9.17) is 17.3 Å². The lowest BCUT2D eigenvalue weighted by molar-refractivity contribution is -0.121. The number of nitrogens with one attached hydrogen (secondary N) is 2. The maximum Gasteiger partial charge on any atom is 0.318 e. The molecule has 0 aliphatic carbocycles. The number of hydrogen-bond donors (Lipinski definition) is 3.